The summed E-state index contributed by atoms with van der Waals surface area (Å²) in [5.41, 5.74) is 0.506. The maximum atomic E-state index is 12.5. The molecule has 1 unspecified atom stereocenters. The molecule has 24 heavy (non-hydrogen) atoms. The van der Waals surface area contributed by atoms with Gasteiger partial charge >= 0.3 is 5.97 Å². The Hall–Kier alpha value is -1.74. The Bertz CT molecular complexity index is 815. The maximum absolute atomic E-state index is 12.5. The molecule has 1 aromatic heterocycles. The highest BCUT2D eigenvalue weighted by molar-refractivity contribution is 7.89. The van der Waals surface area contributed by atoms with Crippen LogP contribution in [0.1, 0.15) is 26.8 Å². The zero-order valence-electron chi connectivity index (χ0n) is 13.7. The Morgan fingerprint density at radius 1 is 1.33 bits per heavy atom. The molecule has 0 aliphatic carbocycles. The van der Waals surface area contributed by atoms with Gasteiger partial charge < -0.3 is 10.0 Å². The van der Waals surface area contributed by atoms with E-state index in [1.165, 1.54) is 18.2 Å². The van der Waals surface area contributed by atoms with Crippen LogP contribution in [0.3, 0.4) is 0 Å². The number of carbonyl (C=O) groups is 1. The summed E-state index contributed by atoms with van der Waals surface area (Å²) in [6, 6.07) is 7.89. The van der Waals surface area contributed by atoms with Crippen molar-refractivity contribution in [2.45, 2.75) is 17.9 Å². The van der Waals surface area contributed by atoms with Crippen LogP contribution in [0.5, 0.6) is 0 Å². The van der Waals surface area contributed by atoms with Gasteiger partial charge in [0.15, 0.2) is 0 Å². The number of likely N-dealkylation sites (N-methyl/N-ethyl adjacent to an activating group) is 1. The van der Waals surface area contributed by atoms with Crippen molar-refractivity contribution in [3.05, 3.63) is 51.7 Å². The fourth-order valence-electron chi connectivity index (χ4n) is 2.29. The summed E-state index contributed by atoms with van der Waals surface area (Å²) in [6.07, 6.45) is 0. The van der Waals surface area contributed by atoms with Gasteiger partial charge in [-0.1, -0.05) is 12.1 Å². The lowest BCUT2D eigenvalue weighted by atomic mass is 10.1. The average molecular weight is 368 g/mol. The monoisotopic (exact) mass is 368 g/mol. The van der Waals surface area contributed by atoms with Crippen molar-refractivity contribution in [1.82, 2.24) is 9.62 Å². The lowest BCUT2D eigenvalue weighted by Gasteiger charge is -2.23. The van der Waals surface area contributed by atoms with E-state index >= 15 is 0 Å². The van der Waals surface area contributed by atoms with Gasteiger partial charge in [0.25, 0.3) is 0 Å². The highest BCUT2D eigenvalue weighted by Gasteiger charge is 2.21. The van der Waals surface area contributed by atoms with Crippen molar-refractivity contribution >= 4 is 27.3 Å². The van der Waals surface area contributed by atoms with Crippen LogP contribution in [-0.4, -0.2) is 45.0 Å². The Morgan fingerprint density at radius 3 is 2.58 bits per heavy atom. The second-order valence-corrected chi connectivity index (χ2v) is 8.37. The first-order valence-electron chi connectivity index (χ1n) is 7.26. The second kappa shape index (κ2) is 7.43. The lowest BCUT2D eigenvalue weighted by Crippen LogP contribution is -2.34. The molecule has 0 aliphatic heterocycles. The number of aryl methyl sites for hydroxylation is 1. The van der Waals surface area contributed by atoms with Gasteiger partial charge in [-0.15, -0.1) is 11.3 Å². The van der Waals surface area contributed by atoms with Gasteiger partial charge in [0.1, 0.15) is 0 Å². The maximum Gasteiger partial charge on any atom is 0.335 e. The first-order valence-corrected chi connectivity index (χ1v) is 9.62. The standard InChI is InChI=1S/C16H20N2O4S2/c1-11-6-7-12(9-13(11)16(19)20)24(21,22)17-10-14(18(2)3)15-5-4-8-23-15/h4-9,14,17H,10H2,1-3H3,(H,19,20). The molecule has 1 heterocycles. The predicted octanol–water partition coefficient (Wildman–Crippen LogP) is 2.34. The lowest BCUT2D eigenvalue weighted by molar-refractivity contribution is 0.0696. The highest BCUT2D eigenvalue weighted by Crippen LogP contribution is 2.23. The van der Waals surface area contributed by atoms with Crippen LogP contribution in [-0.2, 0) is 10.0 Å². The molecule has 2 aromatic rings. The Balaban J connectivity index is 2.22. The topological polar surface area (TPSA) is 86.7 Å². The van der Waals surface area contributed by atoms with E-state index in [4.69, 9.17) is 5.11 Å². The molecular weight excluding hydrogens is 348 g/mol. The van der Waals surface area contributed by atoms with Crippen LogP contribution in [0.15, 0.2) is 40.6 Å². The summed E-state index contributed by atoms with van der Waals surface area (Å²) in [6.45, 7) is 1.83. The quantitative estimate of drug-likeness (QED) is 0.783. The van der Waals surface area contributed by atoms with Crippen LogP contribution in [0.2, 0.25) is 0 Å². The predicted molar refractivity (Wildman–Crippen MR) is 94.1 cm³/mol. The number of carboxylic acid groups (broad SMARTS) is 1. The zero-order valence-corrected chi connectivity index (χ0v) is 15.3. The first-order chi connectivity index (χ1) is 11.2. The number of carboxylic acids is 1. The van der Waals surface area contributed by atoms with Crippen LogP contribution >= 0.6 is 11.3 Å². The van der Waals surface area contributed by atoms with E-state index in [0.717, 1.165) is 4.88 Å². The molecule has 0 radical (unpaired) electrons. The Labute approximate surface area is 145 Å². The fraction of sp³-hybridized carbons (Fsp3) is 0.312. The molecule has 2 rings (SSSR count). The smallest absolute Gasteiger partial charge is 0.335 e. The molecule has 0 amide bonds. The molecule has 0 saturated carbocycles. The number of hydrogen-bond acceptors (Lipinski definition) is 5. The van der Waals surface area contributed by atoms with E-state index in [9.17, 15) is 13.2 Å². The van der Waals surface area contributed by atoms with Crippen LogP contribution in [0.25, 0.3) is 0 Å². The average Bonchev–Trinajstić information content (AvgIpc) is 3.01. The van der Waals surface area contributed by atoms with E-state index in [-0.39, 0.29) is 23.0 Å². The van der Waals surface area contributed by atoms with Crippen molar-refractivity contribution in [2.75, 3.05) is 20.6 Å². The van der Waals surface area contributed by atoms with Crippen molar-refractivity contribution in [3.63, 3.8) is 0 Å². The van der Waals surface area contributed by atoms with E-state index in [0.29, 0.717) is 5.56 Å². The fourth-order valence-corrected chi connectivity index (χ4v) is 4.28. The van der Waals surface area contributed by atoms with Crippen molar-refractivity contribution in [2.24, 2.45) is 0 Å². The van der Waals surface area contributed by atoms with Gasteiger partial charge in [-0.25, -0.2) is 17.9 Å². The summed E-state index contributed by atoms with van der Waals surface area (Å²) in [5, 5.41) is 11.1. The molecule has 0 aliphatic rings. The summed E-state index contributed by atoms with van der Waals surface area (Å²) in [5.74, 6) is -1.14. The SMILES string of the molecule is Cc1ccc(S(=O)(=O)NCC(c2cccs2)N(C)C)cc1C(=O)O. The zero-order chi connectivity index (χ0) is 17.9. The first kappa shape index (κ1) is 18.6. The molecule has 0 spiro atoms. The third-order valence-corrected chi connectivity index (χ3v) is 6.11. The number of sulfonamides is 1. The minimum Gasteiger partial charge on any atom is -0.478 e. The molecule has 6 nitrogen and oxygen atoms in total. The Kier molecular flexibility index (Phi) is 5.76. The molecule has 2 N–H and O–H groups in total. The third-order valence-electron chi connectivity index (χ3n) is 3.71. The van der Waals surface area contributed by atoms with E-state index in [1.807, 2.05) is 36.5 Å². The normalized spacial score (nSPS) is 13.2. The third kappa shape index (κ3) is 4.21. The Morgan fingerprint density at radius 2 is 2.04 bits per heavy atom. The minimum atomic E-state index is -3.79. The summed E-state index contributed by atoms with van der Waals surface area (Å²) in [4.78, 5) is 14.1. The summed E-state index contributed by atoms with van der Waals surface area (Å²) >= 11 is 1.56. The van der Waals surface area contributed by atoms with Crippen LogP contribution < -0.4 is 4.72 Å². The van der Waals surface area contributed by atoms with Crippen LogP contribution in [0, 0.1) is 6.92 Å². The largest absolute Gasteiger partial charge is 0.478 e. The van der Waals surface area contributed by atoms with Crippen LogP contribution in [0.4, 0.5) is 0 Å². The molecule has 1 atom stereocenters. The number of hydrogen-bond donors (Lipinski definition) is 2. The van der Waals surface area contributed by atoms with Crippen molar-refractivity contribution < 1.29 is 18.3 Å². The number of thiophene rings is 1. The minimum absolute atomic E-state index is 0.0136. The molecule has 0 saturated heterocycles. The molecule has 0 fully saturated rings. The number of benzene rings is 1. The highest BCUT2D eigenvalue weighted by atomic mass is 32.2. The van der Waals surface area contributed by atoms with Gasteiger partial charge in [-0.2, -0.15) is 0 Å². The second-order valence-electron chi connectivity index (χ2n) is 5.63. The summed E-state index contributed by atoms with van der Waals surface area (Å²) < 4.78 is 27.6. The summed E-state index contributed by atoms with van der Waals surface area (Å²) in [7, 11) is -0.0240. The molecular formula is C16H20N2O4S2. The van der Waals surface area contributed by atoms with Gasteiger partial charge in [0.05, 0.1) is 16.5 Å². The van der Waals surface area contributed by atoms with E-state index in [2.05, 4.69) is 4.72 Å². The van der Waals surface area contributed by atoms with Gasteiger partial charge in [0, 0.05) is 11.4 Å². The molecule has 0 bridgehead atoms. The van der Waals surface area contributed by atoms with Gasteiger partial charge in [0.2, 0.25) is 10.0 Å². The molecule has 1 aromatic carbocycles. The number of rotatable bonds is 7. The van der Waals surface area contributed by atoms with E-state index < -0.39 is 16.0 Å². The van der Waals surface area contributed by atoms with E-state index in [1.54, 1.807) is 18.3 Å². The van der Waals surface area contributed by atoms with Crippen molar-refractivity contribution in [3.8, 4) is 0 Å². The number of nitrogens with zero attached hydrogens (tertiary/aromatic N) is 1. The van der Waals surface area contributed by atoms with Crippen molar-refractivity contribution in [1.29, 1.82) is 0 Å². The molecule has 8 heteroatoms. The van der Waals surface area contributed by atoms with Gasteiger partial charge in [-0.05, 0) is 50.2 Å². The van der Waals surface area contributed by atoms with Gasteiger partial charge in [-0.3, -0.25) is 0 Å². The number of aromatic carboxylic acids is 1. The molecule has 130 valence electrons. The number of nitrogens with one attached hydrogen (secondary N) is 1.